The van der Waals surface area contributed by atoms with Crippen LogP contribution in [0.3, 0.4) is 0 Å². The Bertz CT molecular complexity index is 944. The molecule has 0 aromatic carbocycles. The fraction of sp³-hybridized carbons (Fsp3) is 0.962. The molecule has 4 fully saturated rings. The Morgan fingerprint density at radius 1 is 0.733 bits per heavy atom. The van der Waals surface area contributed by atoms with Crippen molar-refractivity contribution in [3.8, 4) is 0 Å². The second-order valence-corrected chi connectivity index (χ2v) is 12.0. The summed E-state index contributed by atoms with van der Waals surface area (Å²) in [7, 11) is 0. The molecule has 3 aliphatic heterocycles. The van der Waals surface area contributed by atoms with Gasteiger partial charge in [-0.05, 0) is 19.3 Å². The highest BCUT2D eigenvalue weighted by Crippen LogP contribution is 2.34. The van der Waals surface area contributed by atoms with E-state index in [0.717, 1.165) is 0 Å². The average Bonchev–Trinajstić information content (AvgIpc) is 3.31. The minimum Gasteiger partial charge on any atom is -0.396 e. The Hall–Kier alpha value is -1.21. The molecule has 1 aliphatic carbocycles. The smallest absolute Gasteiger partial charge is 0.222 e. The molecule has 4 aliphatic rings. The molecule has 262 valence electrons. The zero-order valence-electron chi connectivity index (χ0n) is 24.9. The van der Waals surface area contributed by atoms with Crippen LogP contribution in [0.5, 0.6) is 0 Å². The van der Waals surface area contributed by atoms with Gasteiger partial charge >= 0.3 is 0 Å². The van der Waals surface area contributed by atoms with Gasteiger partial charge in [-0.1, -0.05) is 0 Å². The number of aliphatic hydroxyl groups is 6. The lowest BCUT2D eigenvalue weighted by Gasteiger charge is -2.46. The van der Waals surface area contributed by atoms with E-state index < -0.39 is 117 Å². The standard InChI is InChI=1S/C26H50N6O13/c27-6-9-1-2-10(29)24(40-9)43-21-11(30)5-12(32-15(35)3-4-33)17(36)23(21)45-26-20(39)22(14(8-34)42-26)44-25-16(31)19(38)18(37)13(7-28)41-25/h9-14,16-26,33-34,36-39H,1-8,27-31H2,(H,32,35). The van der Waals surface area contributed by atoms with Gasteiger partial charge in [0.1, 0.15) is 54.9 Å². The quantitative estimate of drug-likeness (QED) is 0.0929. The van der Waals surface area contributed by atoms with Crippen molar-refractivity contribution in [1.82, 2.24) is 5.32 Å². The highest BCUT2D eigenvalue weighted by Gasteiger charge is 2.54. The number of ether oxygens (including phenoxy) is 6. The maximum absolute atomic E-state index is 12.3. The first-order valence-corrected chi connectivity index (χ1v) is 15.3. The zero-order chi connectivity index (χ0) is 33.0. The Morgan fingerprint density at radius 3 is 2.04 bits per heavy atom. The lowest BCUT2D eigenvalue weighted by Crippen LogP contribution is -2.66. The molecule has 19 nitrogen and oxygen atoms in total. The number of nitrogens with two attached hydrogens (primary N) is 5. The fourth-order valence-corrected chi connectivity index (χ4v) is 6.14. The van der Waals surface area contributed by atoms with E-state index in [2.05, 4.69) is 5.32 Å². The van der Waals surface area contributed by atoms with E-state index in [0.29, 0.717) is 12.8 Å². The van der Waals surface area contributed by atoms with Gasteiger partial charge in [0, 0.05) is 25.6 Å². The van der Waals surface area contributed by atoms with Crippen LogP contribution in [0.4, 0.5) is 0 Å². The largest absolute Gasteiger partial charge is 0.396 e. The molecule has 0 spiro atoms. The average molecular weight is 655 g/mol. The third-order valence-electron chi connectivity index (χ3n) is 8.79. The summed E-state index contributed by atoms with van der Waals surface area (Å²) in [4.78, 5) is 12.3. The predicted molar refractivity (Wildman–Crippen MR) is 151 cm³/mol. The Morgan fingerprint density at radius 2 is 1.40 bits per heavy atom. The molecular weight excluding hydrogens is 604 g/mol. The van der Waals surface area contributed by atoms with E-state index >= 15 is 0 Å². The maximum Gasteiger partial charge on any atom is 0.222 e. The number of carbonyl (C=O) groups excluding carboxylic acids is 1. The minimum absolute atomic E-state index is 0.0532. The van der Waals surface area contributed by atoms with Gasteiger partial charge in [0.05, 0.1) is 37.4 Å². The van der Waals surface area contributed by atoms with Crippen LogP contribution in [0.15, 0.2) is 0 Å². The van der Waals surface area contributed by atoms with E-state index in [9.17, 15) is 30.3 Å². The number of aliphatic hydroxyl groups excluding tert-OH is 6. The van der Waals surface area contributed by atoms with Crippen LogP contribution in [-0.4, -0.2) is 167 Å². The second-order valence-electron chi connectivity index (χ2n) is 12.0. The molecule has 17 unspecified atom stereocenters. The molecule has 19 heteroatoms. The lowest BCUT2D eigenvalue weighted by atomic mass is 9.83. The predicted octanol–water partition coefficient (Wildman–Crippen LogP) is -7.30. The molecule has 1 saturated carbocycles. The molecule has 4 rings (SSSR count). The number of hydrogen-bond acceptors (Lipinski definition) is 18. The molecule has 17 atom stereocenters. The van der Waals surface area contributed by atoms with Crippen LogP contribution in [0.1, 0.15) is 25.7 Å². The van der Waals surface area contributed by atoms with Gasteiger partial charge in [-0.15, -0.1) is 0 Å². The van der Waals surface area contributed by atoms with Crippen molar-refractivity contribution in [3.05, 3.63) is 0 Å². The number of nitrogens with one attached hydrogen (secondary N) is 1. The topological polar surface area (TPSA) is 336 Å². The monoisotopic (exact) mass is 654 g/mol. The Kier molecular flexibility index (Phi) is 13.2. The summed E-state index contributed by atoms with van der Waals surface area (Å²) >= 11 is 0. The highest BCUT2D eigenvalue weighted by atomic mass is 16.8. The molecule has 0 aromatic rings. The summed E-state index contributed by atoms with van der Waals surface area (Å²) in [6.45, 7) is -0.991. The van der Waals surface area contributed by atoms with Gasteiger partial charge in [0.15, 0.2) is 18.9 Å². The molecular formula is C26H50N6O13. The van der Waals surface area contributed by atoms with Crippen molar-refractivity contribution in [2.75, 3.05) is 26.3 Å². The van der Waals surface area contributed by atoms with Gasteiger partial charge in [0.2, 0.25) is 5.91 Å². The first-order chi connectivity index (χ1) is 21.4. The van der Waals surface area contributed by atoms with Gasteiger partial charge in [-0.3, -0.25) is 4.79 Å². The van der Waals surface area contributed by atoms with Crippen LogP contribution in [-0.2, 0) is 33.2 Å². The first kappa shape index (κ1) is 36.6. The highest BCUT2D eigenvalue weighted by molar-refractivity contribution is 5.76. The van der Waals surface area contributed by atoms with Crippen molar-refractivity contribution >= 4 is 5.91 Å². The van der Waals surface area contributed by atoms with Crippen molar-refractivity contribution in [1.29, 1.82) is 0 Å². The molecule has 0 radical (unpaired) electrons. The Labute approximate surface area is 260 Å². The third-order valence-corrected chi connectivity index (χ3v) is 8.79. The van der Waals surface area contributed by atoms with E-state index in [-0.39, 0.29) is 32.0 Å². The van der Waals surface area contributed by atoms with Crippen LogP contribution < -0.4 is 34.0 Å². The van der Waals surface area contributed by atoms with E-state index in [1.807, 2.05) is 0 Å². The van der Waals surface area contributed by atoms with Gasteiger partial charge < -0.3 is 93.0 Å². The summed E-state index contributed by atoms with van der Waals surface area (Å²) in [6.07, 6.45) is -15.0. The number of rotatable bonds is 12. The SMILES string of the molecule is NCC1CCC(N)C(OC2C(N)CC(NC(=O)CCO)C(O)C2OC2OC(CO)C(OC3OC(CN)C(O)C(O)C3N)C2O)O1. The lowest BCUT2D eigenvalue weighted by molar-refractivity contribution is -0.289. The van der Waals surface area contributed by atoms with Crippen molar-refractivity contribution in [2.24, 2.45) is 28.7 Å². The molecule has 3 heterocycles. The van der Waals surface area contributed by atoms with Crippen LogP contribution in [0.2, 0.25) is 0 Å². The van der Waals surface area contributed by atoms with E-state index in [1.54, 1.807) is 0 Å². The number of hydrogen-bond donors (Lipinski definition) is 12. The number of carbonyl (C=O) groups is 1. The summed E-state index contributed by atoms with van der Waals surface area (Å²) in [5.74, 6) is -0.534. The minimum atomic E-state index is -1.61. The first-order valence-electron chi connectivity index (χ1n) is 15.3. The van der Waals surface area contributed by atoms with Crippen molar-refractivity contribution in [2.45, 2.75) is 130 Å². The molecule has 0 bridgehead atoms. The third kappa shape index (κ3) is 8.27. The van der Waals surface area contributed by atoms with E-state index in [4.69, 9.17) is 62.2 Å². The van der Waals surface area contributed by atoms with Crippen LogP contribution >= 0.6 is 0 Å². The summed E-state index contributed by atoms with van der Waals surface area (Å²) in [6, 6.07) is -3.57. The zero-order valence-corrected chi connectivity index (χ0v) is 24.9. The molecule has 1 amide bonds. The fourth-order valence-electron chi connectivity index (χ4n) is 6.14. The van der Waals surface area contributed by atoms with Gasteiger partial charge in [-0.2, -0.15) is 0 Å². The second kappa shape index (κ2) is 16.3. The summed E-state index contributed by atoms with van der Waals surface area (Å²) in [5, 5.41) is 65.0. The molecule has 0 aromatic heterocycles. The van der Waals surface area contributed by atoms with Crippen LogP contribution in [0, 0.1) is 0 Å². The molecule has 3 saturated heterocycles. The number of amides is 1. The van der Waals surface area contributed by atoms with Crippen molar-refractivity contribution in [3.63, 3.8) is 0 Å². The Balaban J connectivity index is 1.53. The van der Waals surface area contributed by atoms with Crippen LogP contribution in [0.25, 0.3) is 0 Å². The summed E-state index contributed by atoms with van der Waals surface area (Å²) < 4.78 is 35.4. The summed E-state index contributed by atoms with van der Waals surface area (Å²) in [5.41, 5.74) is 30.2. The normalized spacial score (nSPS) is 47.5. The molecule has 17 N–H and O–H groups in total. The maximum atomic E-state index is 12.3. The van der Waals surface area contributed by atoms with Gasteiger partial charge in [-0.25, -0.2) is 0 Å². The molecule has 45 heavy (non-hydrogen) atoms. The van der Waals surface area contributed by atoms with Crippen molar-refractivity contribution < 1.29 is 63.9 Å². The van der Waals surface area contributed by atoms with E-state index in [1.165, 1.54) is 0 Å². The van der Waals surface area contributed by atoms with Gasteiger partial charge in [0.25, 0.3) is 0 Å².